The summed E-state index contributed by atoms with van der Waals surface area (Å²) in [5.74, 6) is 0.909. The minimum absolute atomic E-state index is 0.300. The summed E-state index contributed by atoms with van der Waals surface area (Å²) in [7, 11) is 3.31. The van der Waals surface area contributed by atoms with E-state index in [1.165, 1.54) is 5.56 Å². The van der Waals surface area contributed by atoms with E-state index < -0.39 is 6.10 Å². The van der Waals surface area contributed by atoms with Crippen LogP contribution >= 0.6 is 15.9 Å². The number of β-amino-alcohol motifs (C(OH)–C–C–N with tert-alkyl or cyclic N) is 1. The van der Waals surface area contributed by atoms with Crippen molar-refractivity contribution >= 4 is 15.9 Å². The Labute approximate surface area is 128 Å². The number of methoxy groups -OCH3 is 2. The van der Waals surface area contributed by atoms with Gasteiger partial charge in [-0.15, -0.1) is 0 Å². The Kier molecular flexibility index (Phi) is 5.84. The van der Waals surface area contributed by atoms with E-state index in [-0.39, 0.29) is 0 Å². The molecule has 0 spiro atoms. The summed E-state index contributed by atoms with van der Waals surface area (Å²) < 4.78 is 11.5. The number of ether oxygens (including phenoxy) is 2. The molecule has 112 valence electrons. The molecule has 2 atom stereocenters. The molecule has 0 bridgehead atoms. The number of hydrogen-bond donors (Lipinski definition) is 1. The second kappa shape index (κ2) is 7.41. The molecule has 5 heteroatoms. The van der Waals surface area contributed by atoms with Crippen LogP contribution in [0, 0.1) is 0 Å². The molecule has 0 amide bonds. The monoisotopic (exact) mass is 343 g/mol. The average Bonchev–Trinajstić information content (AvgIpc) is 2.86. The first-order valence-corrected chi connectivity index (χ1v) is 7.69. The molecule has 4 nitrogen and oxygen atoms in total. The van der Waals surface area contributed by atoms with Crippen molar-refractivity contribution in [1.29, 1.82) is 0 Å². The maximum Gasteiger partial charge on any atom is 0.123 e. The van der Waals surface area contributed by atoms with E-state index in [4.69, 9.17) is 9.47 Å². The molecule has 1 N–H and O–H groups in total. The third kappa shape index (κ3) is 3.73. The Morgan fingerprint density at radius 2 is 2.25 bits per heavy atom. The van der Waals surface area contributed by atoms with Crippen molar-refractivity contribution in [2.75, 3.05) is 33.9 Å². The summed E-state index contributed by atoms with van der Waals surface area (Å²) in [5, 5.41) is 9.95. The normalized spacial score (nSPS) is 21.1. The first-order chi connectivity index (χ1) is 9.65. The number of hydrogen-bond acceptors (Lipinski definition) is 4. The van der Waals surface area contributed by atoms with Crippen LogP contribution in [-0.4, -0.2) is 50.0 Å². The number of aliphatic hydroxyl groups is 1. The molecule has 1 heterocycles. The second-order valence-corrected chi connectivity index (χ2v) is 6.06. The number of aliphatic hydroxyl groups excluding tert-OH is 1. The first-order valence-electron chi connectivity index (χ1n) is 6.90. The van der Waals surface area contributed by atoms with Gasteiger partial charge in [-0.3, -0.25) is 4.90 Å². The molecule has 1 aromatic rings. The minimum atomic E-state index is -0.446. The van der Waals surface area contributed by atoms with Gasteiger partial charge in [-0.2, -0.15) is 0 Å². The summed E-state index contributed by atoms with van der Waals surface area (Å²) in [4.78, 5) is 2.31. The van der Waals surface area contributed by atoms with Crippen LogP contribution in [0.3, 0.4) is 0 Å². The lowest BCUT2D eigenvalue weighted by atomic mass is 10.0. The fraction of sp³-hybridized carbons (Fsp3) is 0.600. The SMILES string of the molecule is COC[C@H](O)CN1CCC[C@H]1c1cc(Br)ccc1OC. The van der Waals surface area contributed by atoms with Crippen LogP contribution in [0.2, 0.25) is 0 Å². The van der Waals surface area contributed by atoms with Gasteiger partial charge in [0, 0.05) is 29.7 Å². The van der Waals surface area contributed by atoms with Crippen molar-refractivity contribution in [3.8, 4) is 5.75 Å². The lowest BCUT2D eigenvalue weighted by Gasteiger charge is -2.28. The van der Waals surface area contributed by atoms with E-state index >= 15 is 0 Å². The Balaban J connectivity index is 2.16. The maximum absolute atomic E-state index is 9.95. The molecular weight excluding hydrogens is 322 g/mol. The van der Waals surface area contributed by atoms with Crippen molar-refractivity contribution in [3.63, 3.8) is 0 Å². The summed E-state index contributed by atoms with van der Waals surface area (Å²) in [6.07, 6.45) is 1.78. The molecule has 1 aliphatic rings. The zero-order valence-electron chi connectivity index (χ0n) is 12.0. The van der Waals surface area contributed by atoms with Crippen LogP contribution in [0.15, 0.2) is 22.7 Å². The fourth-order valence-corrected chi connectivity index (χ4v) is 3.26. The van der Waals surface area contributed by atoms with Crippen molar-refractivity contribution < 1.29 is 14.6 Å². The highest BCUT2D eigenvalue weighted by Gasteiger charge is 2.29. The zero-order chi connectivity index (χ0) is 14.5. The van der Waals surface area contributed by atoms with Gasteiger partial charge in [0.15, 0.2) is 0 Å². The molecule has 0 aliphatic carbocycles. The zero-order valence-corrected chi connectivity index (χ0v) is 13.6. The van der Waals surface area contributed by atoms with Gasteiger partial charge in [-0.1, -0.05) is 15.9 Å². The van der Waals surface area contributed by atoms with Gasteiger partial charge in [0.25, 0.3) is 0 Å². The molecule has 0 aromatic heterocycles. The van der Waals surface area contributed by atoms with E-state index in [9.17, 15) is 5.11 Å². The van der Waals surface area contributed by atoms with E-state index in [1.807, 2.05) is 12.1 Å². The van der Waals surface area contributed by atoms with Gasteiger partial charge < -0.3 is 14.6 Å². The lowest BCUT2D eigenvalue weighted by molar-refractivity contribution is 0.0344. The predicted octanol–water partition coefficient (Wildman–Crippen LogP) is 2.60. The molecular formula is C15H22BrNO3. The van der Waals surface area contributed by atoms with Gasteiger partial charge in [0.2, 0.25) is 0 Å². The second-order valence-electron chi connectivity index (χ2n) is 5.15. The van der Waals surface area contributed by atoms with Gasteiger partial charge in [-0.25, -0.2) is 0 Å². The number of nitrogens with zero attached hydrogens (tertiary/aromatic N) is 1. The van der Waals surface area contributed by atoms with Crippen LogP contribution in [0.5, 0.6) is 5.75 Å². The van der Waals surface area contributed by atoms with Gasteiger partial charge in [0.05, 0.1) is 19.8 Å². The lowest BCUT2D eigenvalue weighted by Crippen LogP contribution is -2.34. The maximum atomic E-state index is 9.95. The van der Waals surface area contributed by atoms with Crippen LogP contribution in [0.1, 0.15) is 24.4 Å². The third-order valence-electron chi connectivity index (χ3n) is 3.72. The molecule has 1 fully saturated rings. The molecule has 20 heavy (non-hydrogen) atoms. The molecule has 1 aromatic carbocycles. The smallest absolute Gasteiger partial charge is 0.123 e. The highest BCUT2D eigenvalue weighted by Crippen LogP contribution is 2.38. The highest BCUT2D eigenvalue weighted by molar-refractivity contribution is 9.10. The molecule has 0 unspecified atom stereocenters. The first kappa shape index (κ1) is 15.8. The fourth-order valence-electron chi connectivity index (χ4n) is 2.88. The van der Waals surface area contributed by atoms with E-state index in [1.54, 1.807) is 14.2 Å². The summed E-state index contributed by atoms with van der Waals surface area (Å²) in [6, 6.07) is 6.39. The van der Waals surface area contributed by atoms with Crippen LogP contribution in [0.4, 0.5) is 0 Å². The number of rotatable bonds is 6. The molecule has 1 aliphatic heterocycles. The third-order valence-corrected chi connectivity index (χ3v) is 4.21. The van der Waals surface area contributed by atoms with Crippen LogP contribution in [-0.2, 0) is 4.74 Å². The van der Waals surface area contributed by atoms with Crippen molar-refractivity contribution in [2.24, 2.45) is 0 Å². The average molecular weight is 344 g/mol. The molecule has 1 saturated heterocycles. The Hall–Kier alpha value is -0.620. The highest BCUT2D eigenvalue weighted by atomic mass is 79.9. The molecule has 2 rings (SSSR count). The number of benzene rings is 1. The molecule has 0 saturated carbocycles. The van der Waals surface area contributed by atoms with Gasteiger partial charge in [-0.05, 0) is 37.6 Å². The standard InChI is InChI=1S/C15H22BrNO3/c1-19-10-12(18)9-17-7-3-4-14(17)13-8-11(16)5-6-15(13)20-2/h5-6,8,12,14,18H,3-4,7,9-10H2,1-2H3/t12-,14+/m1/s1. The summed E-state index contributed by atoms with van der Waals surface area (Å²) in [6.45, 7) is 2.01. The van der Waals surface area contributed by atoms with Gasteiger partial charge >= 0.3 is 0 Å². The predicted molar refractivity (Wildman–Crippen MR) is 82.1 cm³/mol. The van der Waals surface area contributed by atoms with Crippen molar-refractivity contribution in [3.05, 3.63) is 28.2 Å². The summed E-state index contributed by atoms with van der Waals surface area (Å²) in [5.41, 5.74) is 1.18. The Morgan fingerprint density at radius 1 is 1.45 bits per heavy atom. The van der Waals surface area contributed by atoms with E-state index in [2.05, 4.69) is 26.9 Å². The molecule has 0 radical (unpaired) electrons. The quantitative estimate of drug-likeness (QED) is 0.861. The van der Waals surface area contributed by atoms with E-state index in [0.29, 0.717) is 19.2 Å². The van der Waals surface area contributed by atoms with Crippen LogP contribution < -0.4 is 4.74 Å². The van der Waals surface area contributed by atoms with E-state index in [0.717, 1.165) is 29.6 Å². The van der Waals surface area contributed by atoms with Crippen molar-refractivity contribution in [2.45, 2.75) is 25.0 Å². The van der Waals surface area contributed by atoms with Crippen LogP contribution in [0.25, 0.3) is 0 Å². The van der Waals surface area contributed by atoms with Crippen molar-refractivity contribution in [1.82, 2.24) is 4.90 Å². The largest absolute Gasteiger partial charge is 0.496 e. The Bertz CT molecular complexity index is 441. The minimum Gasteiger partial charge on any atom is -0.496 e. The topological polar surface area (TPSA) is 41.9 Å². The number of likely N-dealkylation sites (tertiary alicyclic amines) is 1. The summed E-state index contributed by atoms with van der Waals surface area (Å²) >= 11 is 3.52. The van der Waals surface area contributed by atoms with Gasteiger partial charge in [0.1, 0.15) is 5.75 Å². The number of halogens is 1. The Morgan fingerprint density at radius 3 is 2.95 bits per heavy atom.